The molecule has 0 aromatic carbocycles. The van der Waals surface area contributed by atoms with Crippen molar-refractivity contribution in [2.75, 3.05) is 41.4 Å². The molecule has 2 aromatic rings. The van der Waals surface area contributed by atoms with Crippen LogP contribution in [-0.4, -0.2) is 101 Å². The zero-order valence-corrected chi connectivity index (χ0v) is 21.2. The minimum absolute atomic E-state index is 0.0811. The van der Waals surface area contributed by atoms with Crippen LogP contribution in [0.4, 0.5) is 0 Å². The minimum Gasteiger partial charge on any atom is -0.473 e. The number of nitrogens with zero attached hydrogens (tertiary/aromatic N) is 4. The van der Waals surface area contributed by atoms with Crippen molar-refractivity contribution in [3.05, 3.63) is 60.2 Å². The molecule has 0 saturated carbocycles. The highest BCUT2D eigenvalue weighted by molar-refractivity contribution is 6.27. The highest BCUT2D eigenvalue weighted by Crippen LogP contribution is 2.59. The van der Waals surface area contributed by atoms with E-state index in [1.165, 1.54) is 14.2 Å². The Balaban J connectivity index is 0.000000599. The molecule has 13 nitrogen and oxygen atoms in total. The number of pyridine rings is 2. The number of piperidine rings is 2. The van der Waals surface area contributed by atoms with Crippen molar-refractivity contribution in [2.45, 2.75) is 12.1 Å². The molecule has 0 aliphatic carbocycles. The third-order valence-electron chi connectivity index (χ3n) is 6.82. The number of aliphatic carboxylic acids is 2. The van der Waals surface area contributed by atoms with E-state index in [-0.39, 0.29) is 13.1 Å². The van der Waals surface area contributed by atoms with Crippen molar-refractivity contribution in [3.63, 3.8) is 0 Å². The molecule has 2 saturated heterocycles. The van der Waals surface area contributed by atoms with E-state index in [0.717, 1.165) is 0 Å². The fourth-order valence-electron chi connectivity index (χ4n) is 5.61. The van der Waals surface area contributed by atoms with E-state index >= 15 is 0 Å². The molecule has 2 fully saturated rings. The molecule has 4 heterocycles. The molecule has 4 unspecified atom stereocenters. The molecule has 38 heavy (non-hydrogen) atoms. The average molecular weight is 529 g/mol. The smallest absolute Gasteiger partial charge is 0.414 e. The van der Waals surface area contributed by atoms with Crippen LogP contribution < -0.4 is 0 Å². The summed E-state index contributed by atoms with van der Waals surface area (Å²) < 4.78 is 10.4. The molecule has 4 atom stereocenters. The summed E-state index contributed by atoms with van der Waals surface area (Å²) in [4.78, 5) is 72.0. The first kappa shape index (κ1) is 28.3. The summed E-state index contributed by atoms with van der Waals surface area (Å²) in [5.41, 5.74) is -2.29. The second-order valence-electron chi connectivity index (χ2n) is 9.02. The van der Waals surface area contributed by atoms with Gasteiger partial charge in [0.1, 0.15) is 0 Å². The van der Waals surface area contributed by atoms with Crippen molar-refractivity contribution in [1.82, 2.24) is 19.8 Å². The molecule has 13 heteroatoms. The number of likely N-dealkylation sites (tertiary alicyclic amines) is 2. The van der Waals surface area contributed by atoms with Gasteiger partial charge in [0.25, 0.3) is 0 Å². The predicted octanol–water partition coefficient (Wildman–Crippen LogP) is 0.193. The lowest BCUT2D eigenvalue weighted by atomic mass is 9.54. The van der Waals surface area contributed by atoms with Gasteiger partial charge in [0.05, 0.1) is 37.7 Å². The molecule has 2 aliphatic rings. The number of hydrogen-bond donors (Lipinski definition) is 2. The molecule has 4 rings (SSSR count). The van der Waals surface area contributed by atoms with E-state index in [2.05, 4.69) is 9.97 Å². The summed E-state index contributed by atoms with van der Waals surface area (Å²) in [5.74, 6) is -5.58. The Labute approximate surface area is 218 Å². The summed E-state index contributed by atoms with van der Waals surface area (Å²) >= 11 is 0. The van der Waals surface area contributed by atoms with Gasteiger partial charge in [0.15, 0.2) is 16.6 Å². The Morgan fingerprint density at radius 3 is 1.50 bits per heavy atom. The Kier molecular flexibility index (Phi) is 8.22. The molecule has 0 amide bonds. The van der Waals surface area contributed by atoms with E-state index < -0.39 is 52.6 Å². The maximum absolute atomic E-state index is 14.4. The lowest BCUT2D eigenvalue weighted by Crippen LogP contribution is -2.75. The van der Waals surface area contributed by atoms with Gasteiger partial charge in [-0.3, -0.25) is 29.3 Å². The number of Topliss-reactive ketones (excluding diaryl/α,β-unsaturated/α-hetero) is 1. The number of ether oxygens (including phenoxy) is 2. The van der Waals surface area contributed by atoms with E-state index in [0.29, 0.717) is 11.4 Å². The monoisotopic (exact) mass is 528 g/mol. The zero-order chi connectivity index (χ0) is 28.3. The van der Waals surface area contributed by atoms with Gasteiger partial charge in [-0.05, 0) is 38.4 Å². The predicted molar refractivity (Wildman–Crippen MR) is 128 cm³/mol. The summed E-state index contributed by atoms with van der Waals surface area (Å²) in [6.07, 6.45) is 3.23. The summed E-state index contributed by atoms with van der Waals surface area (Å²) in [5, 5.41) is 14.8. The number of hydrogen-bond acceptors (Lipinski definition) is 11. The van der Waals surface area contributed by atoms with Gasteiger partial charge in [-0.1, -0.05) is 12.1 Å². The normalized spacial score (nSPS) is 26.9. The highest BCUT2D eigenvalue weighted by Gasteiger charge is 2.75. The standard InChI is InChI=1S/C23H26N4O5.C2H2O4/c1-26-13-22(20(29)31-3)17(15-9-5-7-11-24-15)27(2)18(16-10-6-8-12-25-16)23(14-26,19(22)28)21(30)32-4;3-1(4)2(5)6/h5-12,17-18H,13-14H2,1-4H3;(H,3,4)(H,5,6). The van der Waals surface area contributed by atoms with Gasteiger partial charge < -0.3 is 24.6 Å². The fraction of sp³-hybridized carbons (Fsp3) is 0.400. The Bertz CT molecular complexity index is 1130. The Morgan fingerprint density at radius 1 is 0.816 bits per heavy atom. The van der Waals surface area contributed by atoms with Gasteiger partial charge in [-0.2, -0.15) is 0 Å². The third kappa shape index (κ3) is 4.50. The maximum atomic E-state index is 14.4. The largest absolute Gasteiger partial charge is 0.473 e. The molecule has 2 N–H and O–H groups in total. The number of esters is 2. The SMILES string of the molecule is COC(=O)C12CN(C)CC(C(=O)OC)(C1=O)C(c1ccccn1)N(C)C2c1ccccn1.O=C(O)C(=O)O. The number of carbonyl (C=O) groups is 5. The lowest BCUT2D eigenvalue weighted by Gasteiger charge is -2.60. The second-order valence-corrected chi connectivity index (χ2v) is 9.02. The summed E-state index contributed by atoms with van der Waals surface area (Å²) in [6.45, 7) is 0.162. The van der Waals surface area contributed by atoms with Gasteiger partial charge in [0.2, 0.25) is 0 Å². The van der Waals surface area contributed by atoms with E-state index in [1.54, 1.807) is 62.9 Å². The molecule has 2 aromatic heterocycles. The van der Waals surface area contributed by atoms with Crippen molar-refractivity contribution in [1.29, 1.82) is 0 Å². The van der Waals surface area contributed by atoms with Gasteiger partial charge >= 0.3 is 23.9 Å². The number of carbonyl (C=O) groups excluding carboxylic acids is 3. The molecule has 2 bridgehead atoms. The van der Waals surface area contributed by atoms with Crippen LogP contribution in [0.2, 0.25) is 0 Å². The van der Waals surface area contributed by atoms with Gasteiger partial charge in [-0.25, -0.2) is 9.59 Å². The second kappa shape index (κ2) is 11.0. The maximum Gasteiger partial charge on any atom is 0.414 e. The number of aromatic nitrogens is 2. The number of rotatable bonds is 4. The van der Waals surface area contributed by atoms with Crippen LogP contribution >= 0.6 is 0 Å². The van der Waals surface area contributed by atoms with Crippen molar-refractivity contribution in [3.8, 4) is 0 Å². The molecule has 0 spiro atoms. The van der Waals surface area contributed by atoms with Crippen molar-refractivity contribution in [2.24, 2.45) is 10.8 Å². The quantitative estimate of drug-likeness (QED) is 0.313. The van der Waals surface area contributed by atoms with E-state index in [4.69, 9.17) is 29.3 Å². The molecule has 0 radical (unpaired) electrons. The first-order chi connectivity index (χ1) is 18.0. The Hall–Kier alpha value is -4.23. The van der Waals surface area contributed by atoms with Crippen LogP contribution in [-0.2, 0) is 33.4 Å². The third-order valence-corrected chi connectivity index (χ3v) is 6.82. The number of carboxylic acid groups (broad SMARTS) is 2. The first-order valence-corrected chi connectivity index (χ1v) is 11.4. The van der Waals surface area contributed by atoms with Crippen LogP contribution in [0.5, 0.6) is 0 Å². The highest BCUT2D eigenvalue weighted by atomic mass is 16.5. The van der Waals surface area contributed by atoms with Crippen LogP contribution in [0, 0.1) is 10.8 Å². The van der Waals surface area contributed by atoms with Crippen molar-refractivity contribution >= 4 is 29.7 Å². The number of methoxy groups -OCH3 is 2. The fourth-order valence-corrected chi connectivity index (χ4v) is 5.61. The number of carboxylic acids is 2. The van der Waals surface area contributed by atoms with Crippen LogP contribution in [0.1, 0.15) is 23.5 Å². The summed E-state index contributed by atoms with van der Waals surface area (Å²) in [7, 11) is 6.06. The Morgan fingerprint density at radius 2 is 1.21 bits per heavy atom. The zero-order valence-electron chi connectivity index (χ0n) is 21.2. The van der Waals surface area contributed by atoms with Gasteiger partial charge in [-0.15, -0.1) is 0 Å². The molecular formula is C25H28N4O9. The molecule has 202 valence electrons. The van der Waals surface area contributed by atoms with Crippen molar-refractivity contribution < 1.29 is 43.7 Å². The van der Waals surface area contributed by atoms with E-state index in [9.17, 15) is 14.4 Å². The molecule has 2 aliphatic heterocycles. The number of fused-ring (bicyclic) bond motifs is 2. The van der Waals surface area contributed by atoms with E-state index in [1.807, 2.05) is 9.80 Å². The van der Waals surface area contributed by atoms with Gasteiger partial charge in [0, 0.05) is 25.5 Å². The first-order valence-electron chi connectivity index (χ1n) is 11.4. The average Bonchev–Trinajstić information content (AvgIpc) is 2.91. The van der Waals surface area contributed by atoms with Crippen LogP contribution in [0.25, 0.3) is 0 Å². The van der Waals surface area contributed by atoms with Crippen LogP contribution in [0.15, 0.2) is 48.8 Å². The number of ketones is 1. The summed E-state index contributed by atoms with van der Waals surface area (Å²) in [6, 6.07) is 9.11. The lowest BCUT2D eigenvalue weighted by molar-refractivity contribution is -0.202. The minimum atomic E-state index is -1.82. The topological polar surface area (TPSA) is 177 Å². The molecular weight excluding hydrogens is 500 g/mol. The van der Waals surface area contributed by atoms with Crippen LogP contribution in [0.3, 0.4) is 0 Å².